The molecule has 40 heavy (non-hydrogen) atoms. The Labute approximate surface area is 236 Å². The lowest BCUT2D eigenvalue weighted by molar-refractivity contribution is 0.478. The van der Waals surface area contributed by atoms with Gasteiger partial charge in [0.2, 0.25) is 0 Å². The molecule has 4 N–H and O–H groups in total. The summed E-state index contributed by atoms with van der Waals surface area (Å²) in [7, 11) is 0. The summed E-state index contributed by atoms with van der Waals surface area (Å²) in [6, 6.07) is 9.56. The monoisotopic (exact) mass is 540 g/mol. The topological polar surface area (TPSA) is 66.7 Å². The molecular weight excluding hydrogens is 502 g/mol. The van der Waals surface area contributed by atoms with Crippen LogP contribution in [0, 0.1) is 24.0 Å². The standard InChI is InChI=1S/C34H38F2N4/c1-9-12-28(24-13-15-25(35)16-14-24)33-21(4)38-31(40-33)20-29-30(37)18-17-27(32(29)36)23(10-2)19-26(11-3)39-22(5)34(6,7)8/h9-19,39H,1,3,5,20,37H2,2,4,6-8H3,(H,38,40)/b23-10+,26-19+,28-12-. The number of aryl methyl sites for hydroxylation is 1. The summed E-state index contributed by atoms with van der Waals surface area (Å²) in [5.74, 6) is -0.185. The molecule has 3 rings (SSSR count). The summed E-state index contributed by atoms with van der Waals surface area (Å²) in [4.78, 5) is 8.04. The number of imidazole rings is 1. The SMILES string of the molecule is C=C/C=C(/c1ccc(F)cc1)c1nc(Cc2c(N)ccc(C(/C=C(\C=C)NC(=C)C(C)(C)C)=C/C)c2F)[nH]c1C. The fraction of sp³-hybridized carbons (Fsp3) is 0.206. The first-order valence-electron chi connectivity index (χ1n) is 13.1. The van der Waals surface area contributed by atoms with Crippen LogP contribution in [-0.4, -0.2) is 9.97 Å². The third kappa shape index (κ3) is 6.94. The molecule has 0 bridgehead atoms. The van der Waals surface area contributed by atoms with E-state index in [-0.39, 0.29) is 17.7 Å². The second kappa shape index (κ2) is 12.6. The molecule has 1 aromatic heterocycles. The fourth-order valence-electron chi connectivity index (χ4n) is 4.13. The van der Waals surface area contributed by atoms with Gasteiger partial charge in [-0.2, -0.15) is 0 Å². The van der Waals surface area contributed by atoms with Gasteiger partial charge < -0.3 is 16.0 Å². The van der Waals surface area contributed by atoms with Crippen molar-refractivity contribution >= 4 is 16.8 Å². The number of nitrogens with two attached hydrogens (primary N) is 1. The first-order valence-corrected chi connectivity index (χ1v) is 13.1. The van der Waals surface area contributed by atoms with Crippen molar-refractivity contribution in [3.05, 3.63) is 143 Å². The number of aromatic nitrogens is 2. The van der Waals surface area contributed by atoms with Gasteiger partial charge in [-0.3, -0.25) is 0 Å². The van der Waals surface area contributed by atoms with Crippen LogP contribution < -0.4 is 11.1 Å². The van der Waals surface area contributed by atoms with Crippen LogP contribution in [-0.2, 0) is 6.42 Å². The number of aromatic amines is 1. The van der Waals surface area contributed by atoms with Crippen LogP contribution in [0.25, 0.3) is 11.1 Å². The van der Waals surface area contributed by atoms with Gasteiger partial charge in [0.1, 0.15) is 17.5 Å². The van der Waals surface area contributed by atoms with Gasteiger partial charge in [0.05, 0.1) is 5.69 Å². The van der Waals surface area contributed by atoms with E-state index in [9.17, 15) is 4.39 Å². The number of benzene rings is 2. The third-order valence-electron chi connectivity index (χ3n) is 6.61. The van der Waals surface area contributed by atoms with Gasteiger partial charge in [-0.05, 0) is 61.4 Å². The van der Waals surface area contributed by atoms with E-state index in [1.54, 1.807) is 36.4 Å². The largest absolute Gasteiger partial charge is 0.398 e. The number of rotatable bonds is 10. The molecule has 3 aromatic rings. The second-order valence-corrected chi connectivity index (χ2v) is 10.6. The molecule has 0 radical (unpaired) electrons. The minimum Gasteiger partial charge on any atom is -0.398 e. The molecular formula is C34H38F2N4. The van der Waals surface area contributed by atoms with E-state index in [4.69, 9.17) is 10.7 Å². The summed E-state index contributed by atoms with van der Waals surface area (Å²) < 4.78 is 29.6. The average Bonchev–Trinajstić information content (AvgIpc) is 3.27. The van der Waals surface area contributed by atoms with E-state index >= 15 is 4.39 Å². The number of hydrogen-bond donors (Lipinski definition) is 3. The Morgan fingerprint density at radius 2 is 1.77 bits per heavy atom. The van der Waals surface area contributed by atoms with E-state index in [2.05, 4.69) is 50.8 Å². The van der Waals surface area contributed by atoms with Crippen LogP contribution in [0.5, 0.6) is 0 Å². The normalized spacial score (nSPS) is 12.8. The highest BCUT2D eigenvalue weighted by molar-refractivity contribution is 5.80. The van der Waals surface area contributed by atoms with Crippen LogP contribution in [0.15, 0.2) is 97.9 Å². The van der Waals surface area contributed by atoms with Gasteiger partial charge in [0.25, 0.3) is 0 Å². The van der Waals surface area contributed by atoms with Crippen LogP contribution in [0.3, 0.4) is 0 Å². The molecule has 4 nitrogen and oxygen atoms in total. The van der Waals surface area contributed by atoms with E-state index in [0.717, 1.165) is 22.5 Å². The molecule has 208 valence electrons. The Kier molecular flexibility index (Phi) is 9.48. The van der Waals surface area contributed by atoms with Gasteiger partial charge in [-0.25, -0.2) is 13.8 Å². The van der Waals surface area contributed by atoms with Crippen LogP contribution in [0.1, 0.15) is 61.6 Å². The molecule has 0 spiro atoms. The maximum absolute atomic E-state index is 16.0. The van der Waals surface area contributed by atoms with Gasteiger partial charge in [0.15, 0.2) is 0 Å². The Hall–Kier alpha value is -4.45. The maximum atomic E-state index is 16.0. The highest BCUT2D eigenvalue weighted by Crippen LogP contribution is 2.31. The number of H-pyrrole nitrogens is 1. The lowest BCUT2D eigenvalue weighted by Crippen LogP contribution is -2.22. The lowest BCUT2D eigenvalue weighted by Gasteiger charge is -2.24. The van der Waals surface area contributed by atoms with Crippen molar-refractivity contribution < 1.29 is 8.78 Å². The van der Waals surface area contributed by atoms with Gasteiger partial charge >= 0.3 is 0 Å². The van der Waals surface area contributed by atoms with Crippen LogP contribution >= 0.6 is 0 Å². The number of nitrogens with zero attached hydrogens (tertiary/aromatic N) is 1. The van der Waals surface area contributed by atoms with Crippen LogP contribution in [0.2, 0.25) is 0 Å². The van der Waals surface area contributed by atoms with Crippen molar-refractivity contribution in [2.75, 3.05) is 5.73 Å². The molecule has 0 fully saturated rings. The average molecular weight is 541 g/mol. The second-order valence-electron chi connectivity index (χ2n) is 10.6. The van der Waals surface area contributed by atoms with E-state index in [1.807, 2.05) is 32.1 Å². The van der Waals surface area contributed by atoms with Gasteiger partial charge in [0, 0.05) is 51.3 Å². The molecule has 2 aromatic carbocycles. The molecule has 6 heteroatoms. The number of anilines is 1. The van der Waals surface area contributed by atoms with E-state index in [1.165, 1.54) is 12.1 Å². The molecule has 0 aliphatic rings. The Bertz CT molecular complexity index is 1510. The Balaban J connectivity index is 1.99. The van der Waals surface area contributed by atoms with Crippen LogP contribution in [0.4, 0.5) is 14.5 Å². The summed E-state index contributed by atoms with van der Waals surface area (Å²) in [5.41, 5.74) is 12.4. The minimum absolute atomic E-state index is 0.157. The lowest BCUT2D eigenvalue weighted by atomic mass is 9.92. The zero-order valence-corrected chi connectivity index (χ0v) is 24.0. The van der Waals surface area contributed by atoms with Crippen molar-refractivity contribution in [3.63, 3.8) is 0 Å². The minimum atomic E-state index is -0.418. The van der Waals surface area contributed by atoms with Crippen molar-refractivity contribution in [3.8, 4) is 0 Å². The first-order chi connectivity index (χ1) is 18.9. The Morgan fingerprint density at radius 1 is 1.10 bits per heavy atom. The van der Waals surface area contributed by atoms with E-state index in [0.29, 0.717) is 39.6 Å². The summed E-state index contributed by atoms with van der Waals surface area (Å²) in [6.07, 6.45) is 8.99. The summed E-state index contributed by atoms with van der Waals surface area (Å²) in [5, 5.41) is 3.29. The zero-order chi connectivity index (χ0) is 29.6. The zero-order valence-electron chi connectivity index (χ0n) is 24.0. The number of allylic oxidation sites excluding steroid dienone is 7. The first kappa shape index (κ1) is 30.1. The highest BCUT2D eigenvalue weighted by Gasteiger charge is 2.19. The summed E-state index contributed by atoms with van der Waals surface area (Å²) in [6.45, 7) is 21.7. The van der Waals surface area contributed by atoms with Gasteiger partial charge in [-0.1, -0.05) is 70.9 Å². The van der Waals surface area contributed by atoms with Crippen molar-refractivity contribution in [1.29, 1.82) is 0 Å². The maximum Gasteiger partial charge on any atom is 0.136 e. The molecule has 0 saturated carbocycles. The van der Waals surface area contributed by atoms with Crippen molar-refractivity contribution in [2.45, 2.75) is 41.0 Å². The molecule has 0 amide bonds. The molecule has 0 unspecified atom stereocenters. The third-order valence-corrected chi connectivity index (χ3v) is 6.61. The highest BCUT2D eigenvalue weighted by atomic mass is 19.1. The molecule has 0 saturated heterocycles. The quantitative estimate of drug-likeness (QED) is 0.179. The number of halogens is 2. The molecule has 0 atom stereocenters. The predicted molar refractivity (Wildman–Crippen MR) is 164 cm³/mol. The smallest absolute Gasteiger partial charge is 0.136 e. The molecule has 1 heterocycles. The van der Waals surface area contributed by atoms with Crippen molar-refractivity contribution in [1.82, 2.24) is 15.3 Å². The fourth-order valence-corrected chi connectivity index (χ4v) is 4.13. The molecule has 0 aliphatic heterocycles. The molecule has 0 aliphatic carbocycles. The van der Waals surface area contributed by atoms with Crippen molar-refractivity contribution in [2.24, 2.45) is 5.41 Å². The Morgan fingerprint density at radius 3 is 2.35 bits per heavy atom. The van der Waals surface area contributed by atoms with Gasteiger partial charge in [-0.15, -0.1) is 0 Å². The summed E-state index contributed by atoms with van der Waals surface area (Å²) >= 11 is 0. The number of nitrogen functional groups attached to an aromatic ring is 1. The number of nitrogens with one attached hydrogen (secondary N) is 2. The predicted octanol–water partition coefficient (Wildman–Crippen LogP) is 8.41. The number of hydrogen-bond acceptors (Lipinski definition) is 3. The van der Waals surface area contributed by atoms with E-state index < -0.39 is 5.82 Å².